The van der Waals surface area contributed by atoms with E-state index in [1.165, 1.54) is 50.5 Å². The Balaban J connectivity index is 1.56. The van der Waals surface area contributed by atoms with Gasteiger partial charge in [-0.1, -0.05) is 30.0 Å². The van der Waals surface area contributed by atoms with Gasteiger partial charge in [-0.25, -0.2) is 14.1 Å². The van der Waals surface area contributed by atoms with Gasteiger partial charge in [0.1, 0.15) is 10.8 Å². The molecule has 138 valence electrons. The lowest BCUT2D eigenvalue weighted by Crippen LogP contribution is -2.15. The molecule has 3 heterocycles. The van der Waals surface area contributed by atoms with Gasteiger partial charge in [-0.05, 0) is 30.7 Å². The van der Waals surface area contributed by atoms with E-state index >= 15 is 0 Å². The molecule has 0 aliphatic rings. The summed E-state index contributed by atoms with van der Waals surface area (Å²) in [6.45, 7) is 1.98. The van der Waals surface area contributed by atoms with Gasteiger partial charge in [-0.2, -0.15) is 9.61 Å². The Morgan fingerprint density at radius 3 is 2.78 bits per heavy atom. The molecular formula is C16H14FN7OS2. The summed E-state index contributed by atoms with van der Waals surface area (Å²) in [5.74, 6) is 6.56. The second kappa shape index (κ2) is 7.08. The number of nitrogens with zero attached hydrogens (tertiary/aromatic N) is 6. The molecule has 3 aromatic heterocycles. The van der Waals surface area contributed by atoms with Crippen LogP contribution in [0, 0.1) is 5.82 Å². The Hall–Kier alpha value is -2.79. The molecule has 0 radical (unpaired) electrons. The van der Waals surface area contributed by atoms with Crippen molar-refractivity contribution in [1.82, 2.24) is 29.5 Å². The fourth-order valence-corrected chi connectivity index (χ4v) is 4.03. The van der Waals surface area contributed by atoms with E-state index in [2.05, 4.69) is 20.3 Å². The third kappa shape index (κ3) is 3.43. The van der Waals surface area contributed by atoms with Crippen LogP contribution in [0.4, 0.5) is 4.39 Å². The van der Waals surface area contributed by atoms with Gasteiger partial charge in [0.15, 0.2) is 5.82 Å². The van der Waals surface area contributed by atoms with Crippen molar-refractivity contribution in [1.29, 1.82) is 0 Å². The zero-order chi connectivity index (χ0) is 19.0. The summed E-state index contributed by atoms with van der Waals surface area (Å²) in [5, 5.41) is 13.7. The Morgan fingerprint density at radius 1 is 1.26 bits per heavy atom. The minimum Gasteiger partial charge on any atom is -0.335 e. The molecule has 0 amide bonds. The molecule has 0 aliphatic heterocycles. The van der Waals surface area contributed by atoms with Crippen LogP contribution in [0.15, 0.2) is 40.3 Å². The van der Waals surface area contributed by atoms with Crippen LogP contribution in [0.5, 0.6) is 0 Å². The average molecular weight is 403 g/mol. The van der Waals surface area contributed by atoms with Crippen molar-refractivity contribution in [3.05, 3.63) is 57.2 Å². The first-order chi connectivity index (χ1) is 13.0. The van der Waals surface area contributed by atoms with Gasteiger partial charge in [0.25, 0.3) is 5.56 Å². The summed E-state index contributed by atoms with van der Waals surface area (Å²) >= 11 is 2.71. The average Bonchev–Trinajstić information content (AvgIpc) is 3.24. The third-order valence-corrected chi connectivity index (χ3v) is 5.79. The molecule has 0 bridgehead atoms. The first-order valence-corrected chi connectivity index (χ1v) is 9.83. The van der Waals surface area contributed by atoms with E-state index in [0.717, 1.165) is 11.4 Å². The predicted molar refractivity (Wildman–Crippen MR) is 102 cm³/mol. The Labute approximate surface area is 160 Å². The standard InChI is InChI=1S/C16H14FN7OS2/c1-2-12-22-24-13(25)7-11(19-15(24)27-12)8-26-16-21-20-14(23(16)18)9-3-5-10(17)6-4-9/h3-7H,2,8,18H2,1H3. The molecule has 0 saturated heterocycles. The number of nitrogen functional groups attached to an aromatic ring is 1. The number of aryl methyl sites for hydroxylation is 1. The van der Waals surface area contributed by atoms with E-state index in [1.54, 1.807) is 12.1 Å². The van der Waals surface area contributed by atoms with Crippen molar-refractivity contribution < 1.29 is 4.39 Å². The highest BCUT2D eigenvalue weighted by Crippen LogP contribution is 2.24. The molecule has 27 heavy (non-hydrogen) atoms. The summed E-state index contributed by atoms with van der Waals surface area (Å²) in [5.41, 5.74) is 1.06. The highest BCUT2D eigenvalue weighted by molar-refractivity contribution is 7.98. The highest BCUT2D eigenvalue weighted by atomic mass is 32.2. The number of fused-ring (bicyclic) bond motifs is 1. The molecule has 0 spiro atoms. The normalized spacial score (nSPS) is 11.3. The number of hydrogen-bond acceptors (Lipinski definition) is 8. The Kier molecular flexibility index (Phi) is 4.62. The zero-order valence-electron chi connectivity index (χ0n) is 14.2. The molecule has 2 N–H and O–H groups in total. The topological polar surface area (TPSA) is 104 Å². The lowest BCUT2D eigenvalue weighted by atomic mass is 10.2. The maximum atomic E-state index is 13.1. The number of thioether (sulfide) groups is 1. The second-order valence-corrected chi connectivity index (χ2v) is 7.58. The van der Waals surface area contributed by atoms with Gasteiger partial charge in [0, 0.05) is 17.4 Å². The van der Waals surface area contributed by atoms with E-state index in [-0.39, 0.29) is 11.4 Å². The smallest absolute Gasteiger partial charge is 0.275 e. The van der Waals surface area contributed by atoms with Crippen molar-refractivity contribution >= 4 is 28.1 Å². The van der Waals surface area contributed by atoms with Gasteiger partial charge < -0.3 is 5.84 Å². The molecule has 0 saturated carbocycles. The monoisotopic (exact) mass is 403 g/mol. The van der Waals surface area contributed by atoms with Crippen LogP contribution in [-0.4, -0.2) is 29.5 Å². The largest absolute Gasteiger partial charge is 0.335 e. The van der Waals surface area contributed by atoms with Crippen molar-refractivity contribution in [2.24, 2.45) is 0 Å². The summed E-state index contributed by atoms with van der Waals surface area (Å²) in [6.07, 6.45) is 0.750. The number of halogens is 1. The van der Waals surface area contributed by atoms with Crippen LogP contribution in [0.3, 0.4) is 0 Å². The number of nitrogens with two attached hydrogens (primary N) is 1. The van der Waals surface area contributed by atoms with Crippen LogP contribution in [-0.2, 0) is 12.2 Å². The van der Waals surface area contributed by atoms with Crippen molar-refractivity contribution in [3.8, 4) is 11.4 Å². The predicted octanol–water partition coefficient (Wildman–Crippen LogP) is 2.12. The summed E-state index contributed by atoms with van der Waals surface area (Å²) in [7, 11) is 0. The van der Waals surface area contributed by atoms with Crippen molar-refractivity contribution in [3.63, 3.8) is 0 Å². The lowest BCUT2D eigenvalue weighted by molar-refractivity contribution is 0.628. The number of aromatic nitrogens is 6. The molecule has 4 aromatic rings. The second-order valence-electron chi connectivity index (χ2n) is 5.60. The number of hydrogen-bond donors (Lipinski definition) is 1. The van der Waals surface area contributed by atoms with Crippen molar-refractivity contribution in [2.45, 2.75) is 24.3 Å². The van der Waals surface area contributed by atoms with Crippen LogP contribution in [0.2, 0.25) is 0 Å². The quantitative estimate of drug-likeness (QED) is 0.402. The minimum absolute atomic E-state index is 0.215. The SMILES string of the molecule is CCc1nn2c(=O)cc(CSc3nnc(-c4ccc(F)cc4)n3N)nc2s1. The van der Waals surface area contributed by atoms with Gasteiger partial charge >= 0.3 is 0 Å². The van der Waals surface area contributed by atoms with Gasteiger partial charge in [-0.3, -0.25) is 4.79 Å². The summed E-state index contributed by atoms with van der Waals surface area (Å²) in [4.78, 5) is 17.2. The van der Waals surface area contributed by atoms with E-state index in [0.29, 0.717) is 33.0 Å². The molecule has 0 unspecified atom stereocenters. The highest BCUT2D eigenvalue weighted by Gasteiger charge is 2.14. The molecule has 1 aromatic carbocycles. The van der Waals surface area contributed by atoms with Gasteiger partial charge in [0.05, 0.1) is 5.69 Å². The number of benzene rings is 1. The fourth-order valence-electron chi connectivity index (χ4n) is 2.42. The first-order valence-electron chi connectivity index (χ1n) is 8.03. The van der Waals surface area contributed by atoms with Crippen LogP contribution >= 0.6 is 23.1 Å². The van der Waals surface area contributed by atoms with E-state index in [1.807, 2.05) is 6.92 Å². The maximum absolute atomic E-state index is 13.1. The molecule has 0 atom stereocenters. The molecule has 8 nitrogen and oxygen atoms in total. The van der Waals surface area contributed by atoms with Crippen LogP contribution in [0.1, 0.15) is 17.6 Å². The van der Waals surface area contributed by atoms with Crippen LogP contribution < -0.4 is 11.4 Å². The fraction of sp³-hybridized carbons (Fsp3) is 0.188. The lowest BCUT2D eigenvalue weighted by Gasteiger charge is -2.03. The Morgan fingerprint density at radius 2 is 2.04 bits per heavy atom. The number of rotatable bonds is 5. The molecule has 0 fully saturated rings. The van der Waals surface area contributed by atoms with Gasteiger partial charge in [0.2, 0.25) is 10.1 Å². The molecule has 4 rings (SSSR count). The Bertz CT molecular complexity index is 1170. The van der Waals surface area contributed by atoms with Crippen molar-refractivity contribution in [2.75, 3.05) is 5.84 Å². The first kappa shape index (κ1) is 17.6. The zero-order valence-corrected chi connectivity index (χ0v) is 15.8. The summed E-state index contributed by atoms with van der Waals surface area (Å²) in [6, 6.07) is 7.30. The van der Waals surface area contributed by atoms with E-state index in [9.17, 15) is 9.18 Å². The van der Waals surface area contributed by atoms with E-state index < -0.39 is 0 Å². The summed E-state index contributed by atoms with van der Waals surface area (Å²) < 4.78 is 15.7. The van der Waals surface area contributed by atoms with Crippen LogP contribution in [0.25, 0.3) is 16.3 Å². The van der Waals surface area contributed by atoms with E-state index in [4.69, 9.17) is 5.84 Å². The third-order valence-electron chi connectivity index (χ3n) is 3.76. The maximum Gasteiger partial charge on any atom is 0.275 e. The molecule has 11 heteroatoms. The minimum atomic E-state index is -0.335. The molecular weight excluding hydrogens is 389 g/mol. The van der Waals surface area contributed by atoms with Gasteiger partial charge in [-0.15, -0.1) is 10.2 Å². The molecule has 0 aliphatic carbocycles.